The predicted molar refractivity (Wildman–Crippen MR) is 102 cm³/mol. The van der Waals surface area contributed by atoms with E-state index in [-0.39, 0.29) is 17.8 Å². The Morgan fingerprint density at radius 2 is 1.77 bits per heavy atom. The van der Waals surface area contributed by atoms with Crippen molar-refractivity contribution in [3.8, 4) is 5.75 Å². The summed E-state index contributed by atoms with van der Waals surface area (Å²) < 4.78 is 10.4. The molecule has 0 saturated heterocycles. The minimum Gasteiger partial charge on any atom is -0.496 e. The minimum atomic E-state index is -0.368. The molecular weight excluding hydrogens is 330 g/mol. The van der Waals surface area contributed by atoms with Gasteiger partial charge in [-0.05, 0) is 42.3 Å². The van der Waals surface area contributed by atoms with Gasteiger partial charge in [0.05, 0.1) is 19.3 Å². The summed E-state index contributed by atoms with van der Waals surface area (Å²) in [5.74, 6) is 0.340. The molecule has 0 atom stereocenters. The zero-order chi connectivity index (χ0) is 18.9. The maximum absolute atomic E-state index is 12.1. The van der Waals surface area contributed by atoms with Gasteiger partial charge in [-0.1, -0.05) is 32.0 Å². The Bertz CT molecular complexity index is 779. The number of methoxy groups -OCH3 is 1. The SMILES string of the molecule is COc1ccccc1C=CC(=O)Nc1ccc(C(=O)OCC(C)C)cc1. The van der Waals surface area contributed by atoms with Crippen LogP contribution in [-0.2, 0) is 9.53 Å². The van der Waals surface area contributed by atoms with Gasteiger partial charge in [0.1, 0.15) is 5.75 Å². The number of benzene rings is 2. The van der Waals surface area contributed by atoms with Crippen molar-refractivity contribution in [1.82, 2.24) is 0 Å². The van der Waals surface area contributed by atoms with E-state index in [4.69, 9.17) is 9.47 Å². The summed E-state index contributed by atoms with van der Waals surface area (Å²) in [6.45, 7) is 4.33. The Morgan fingerprint density at radius 3 is 2.42 bits per heavy atom. The largest absolute Gasteiger partial charge is 0.496 e. The Morgan fingerprint density at radius 1 is 1.08 bits per heavy atom. The second-order valence-corrected chi connectivity index (χ2v) is 6.13. The summed E-state index contributed by atoms with van der Waals surface area (Å²) in [6.07, 6.45) is 3.12. The van der Waals surface area contributed by atoms with Gasteiger partial charge < -0.3 is 14.8 Å². The van der Waals surface area contributed by atoms with Gasteiger partial charge in [-0.25, -0.2) is 4.79 Å². The highest BCUT2D eigenvalue weighted by molar-refractivity contribution is 6.02. The molecule has 0 aliphatic heterocycles. The van der Waals surface area contributed by atoms with Crippen LogP contribution >= 0.6 is 0 Å². The zero-order valence-corrected chi connectivity index (χ0v) is 15.2. The molecule has 0 bridgehead atoms. The minimum absolute atomic E-state index is 0.272. The lowest BCUT2D eigenvalue weighted by molar-refractivity contribution is -0.111. The lowest BCUT2D eigenvalue weighted by atomic mass is 10.2. The number of hydrogen-bond donors (Lipinski definition) is 1. The number of hydrogen-bond acceptors (Lipinski definition) is 4. The molecule has 2 rings (SSSR count). The van der Waals surface area contributed by atoms with Crippen LogP contribution in [0.2, 0.25) is 0 Å². The average molecular weight is 353 g/mol. The second-order valence-electron chi connectivity index (χ2n) is 6.13. The highest BCUT2D eigenvalue weighted by Gasteiger charge is 2.08. The van der Waals surface area contributed by atoms with E-state index in [9.17, 15) is 9.59 Å². The summed E-state index contributed by atoms with van der Waals surface area (Å²) >= 11 is 0. The highest BCUT2D eigenvalue weighted by Crippen LogP contribution is 2.18. The van der Waals surface area contributed by atoms with Gasteiger partial charge in [0, 0.05) is 17.3 Å². The molecule has 0 saturated carbocycles. The third-order valence-electron chi connectivity index (χ3n) is 3.49. The molecular formula is C21H23NO4. The first-order valence-electron chi connectivity index (χ1n) is 8.39. The number of carbonyl (C=O) groups is 2. The van der Waals surface area contributed by atoms with Crippen molar-refractivity contribution in [3.63, 3.8) is 0 Å². The normalized spacial score (nSPS) is 10.8. The number of anilines is 1. The molecule has 0 aliphatic rings. The number of nitrogens with one attached hydrogen (secondary N) is 1. The average Bonchev–Trinajstić information content (AvgIpc) is 2.65. The van der Waals surface area contributed by atoms with E-state index in [1.807, 2.05) is 38.1 Å². The molecule has 0 aliphatic carbocycles. The fraction of sp³-hybridized carbons (Fsp3) is 0.238. The van der Waals surface area contributed by atoms with Gasteiger partial charge in [0.25, 0.3) is 0 Å². The molecule has 1 N–H and O–H groups in total. The molecule has 2 aromatic carbocycles. The van der Waals surface area contributed by atoms with Gasteiger partial charge >= 0.3 is 5.97 Å². The first-order chi connectivity index (χ1) is 12.5. The van der Waals surface area contributed by atoms with Crippen molar-refractivity contribution in [2.45, 2.75) is 13.8 Å². The number of rotatable bonds is 7. The van der Waals surface area contributed by atoms with Gasteiger partial charge in [-0.2, -0.15) is 0 Å². The molecule has 1 amide bonds. The van der Waals surface area contributed by atoms with E-state index >= 15 is 0 Å². The molecule has 2 aromatic rings. The van der Waals surface area contributed by atoms with Crippen LogP contribution in [0.25, 0.3) is 6.08 Å². The predicted octanol–water partition coefficient (Wildman–Crippen LogP) is 4.16. The molecule has 0 unspecified atom stereocenters. The van der Waals surface area contributed by atoms with Crippen LogP contribution < -0.4 is 10.1 Å². The van der Waals surface area contributed by atoms with Crippen molar-refractivity contribution in [1.29, 1.82) is 0 Å². The summed E-state index contributed by atoms with van der Waals surface area (Å²) in [5.41, 5.74) is 1.86. The molecule has 0 heterocycles. The fourth-order valence-electron chi connectivity index (χ4n) is 2.17. The molecule has 5 nitrogen and oxygen atoms in total. The quantitative estimate of drug-likeness (QED) is 0.600. The first kappa shape index (κ1) is 19.2. The summed E-state index contributed by atoms with van der Waals surface area (Å²) in [6, 6.07) is 14.0. The second kappa shape index (κ2) is 9.42. The summed E-state index contributed by atoms with van der Waals surface area (Å²) in [7, 11) is 1.58. The van der Waals surface area contributed by atoms with Crippen LogP contribution in [0.5, 0.6) is 5.75 Å². The fourth-order valence-corrected chi connectivity index (χ4v) is 2.17. The van der Waals surface area contributed by atoms with E-state index in [1.165, 1.54) is 6.08 Å². The first-order valence-corrected chi connectivity index (χ1v) is 8.39. The summed E-state index contributed by atoms with van der Waals surface area (Å²) in [5, 5.41) is 2.75. The standard InChI is InChI=1S/C21H23NO4/c1-15(2)14-26-21(24)17-8-11-18(12-9-17)22-20(23)13-10-16-6-4-5-7-19(16)25-3/h4-13,15H,14H2,1-3H3,(H,22,23). The van der Waals surface area contributed by atoms with Gasteiger partial charge in [0.2, 0.25) is 5.91 Å². The topological polar surface area (TPSA) is 64.6 Å². The number of para-hydroxylation sites is 1. The van der Waals surface area contributed by atoms with Crippen LogP contribution in [0.3, 0.4) is 0 Å². The van der Waals surface area contributed by atoms with E-state index in [2.05, 4.69) is 5.32 Å². The zero-order valence-electron chi connectivity index (χ0n) is 15.2. The molecule has 0 aromatic heterocycles. The van der Waals surface area contributed by atoms with E-state index < -0.39 is 0 Å². The summed E-state index contributed by atoms with van der Waals surface area (Å²) in [4.78, 5) is 23.9. The van der Waals surface area contributed by atoms with Crippen LogP contribution in [-0.4, -0.2) is 25.6 Å². The van der Waals surface area contributed by atoms with Crippen molar-refractivity contribution in [2.24, 2.45) is 5.92 Å². The van der Waals surface area contributed by atoms with Crippen molar-refractivity contribution < 1.29 is 19.1 Å². The molecule has 26 heavy (non-hydrogen) atoms. The van der Waals surface area contributed by atoms with Crippen molar-refractivity contribution in [3.05, 3.63) is 65.7 Å². The van der Waals surface area contributed by atoms with Crippen LogP contribution in [0.1, 0.15) is 29.8 Å². The van der Waals surface area contributed by atoms with Gasteiger partial charge in [-0.15, -0.1) is 0 Å². The number of amides is 1. The Hall–Kier alpha value is -3.08. The van der Waals surface area contributed by atoms with E-state index in [0.29, 0.717) is 23.6 Å². The maximum Gasteiger partial charge on any atom is 0.338 e. The smallest absolute Gasteiger partial charge is 0.338 e. The van der Waals surface area contributed by atoms with Gasteiger partial charge in [0.15, 0.2) is 0 Å². The number of carbonyl (C=O) groups excluding carboxylic acids is 2. The van der Waals surface area contributed by atoms with Crippen molar-refractivity contribution in [2.75, 3.05) is 19.0 Å². The number of esters is 1. The molecule has 136 valence electrons. The van der Waals surface area contributed by atoms with Crippen LogP contribution in [0.4, 0.5) is 5.69 Å². The van der Waals surface area contributed by atoms with Crippen molar-refractivity contribution >= 4 is 23.6 Å². The third-order valence-corrected chi connectivity index (χ3v) is 3.49. The van der Waals surface area contributed by atoms with E-state index in [1.54, 1.807) is 37.5 Å². The maximum atomic E-state index is 12.1. The number of ether oxygens (including phenoxy) is 2. The van der Waals surface area contributed by atoms with Crippen LogP contribution in [0, 0.1) is 5.92 Å². The Kier molecular flexibility index (Phi) is 6.97. The van der Waals surface area contributed by atoms with Gasteiger partial charge in [-0.3, -0.25) is 4.79 Å². The monoisotopic (exact) mass is 353 g/mol. The van der Waals surface area contributed by atoms with Crippen LogP contribution in [0.15, 0.2) is 54.6 Å². The molecule has 0 radical (unpaired) electrons. The molecule has 0 fully saturated rings. The highest BCUT2D eigenvalue weighted by atomic mass is 16.5. The lowest BCUT2D eigenvalue weighted by Gasteiger charge is -2.08. The Balaban J connectivity index is 1.95. The lowest BCUT2D eigenvalue weighted by Crippen LogP contribution is -2.11. The molecule has 0 spiro atoms. The third kappa shape index (κ3) is 5.77. The molecule has 5 heteroatoms. The Labute approximate surface area is 153 Å². The van der Waals surface area contributed by atoms with E-state index in [0.717, 1.165) is 5.56 Å².